The smallest absolute Gasteiger partial charge is 0.343 e. The summed E-state index contributed by atoms with van der Waals surface area (Å²) in [6.45, 7) is 1.36. The van der Waals surface area contributed by atoms with E-state index in [-0.39, 0.29) is 17.0 Å². The van der Waals surface area contributed by atoms with Gasteiger partial charge >= 0.3 is 5.97 Å². The predicted octanol–water partition coefficient (Wildman–Crippen LogP) is 2.12. The summed E-state index contributed by atoms with van der Waals surface area (Å²) in [5, 5.41) is 18.9. The summed E-state index contributed by atoms with van der Waals surface area (Å²) in [7, 11) is 1.22. The van der Waals surface area contributed by atoms with Crippen LogP contribution in [0.4, 0.5) is 0 Å². The van der Waals surface area contributed by atoms with Crippen LogP contribution in [-0.4, -0.2) is 23.9 Å². The fourth-order valence-electron chi connectivity index (χ4n) is 1.08. The van der Waals surface area contributed by atoms with Gasteiger partial charge in [0.05, 0.1) is 17.7 Å². The van der Waals surface area contributed by atoms with E-state index < -0.39 is 5.97 Å². The second-order valence-electron chi connectivity index (χ2n) is 2.80. The lowest BCUT2D eigenvalue weighted by molar-refractivity contribution is -0.135. The molecule has 1 aromatic rings. The van der Waals surface area contributed by atoms with E-state index in [1.807, 2.05) is 0 Å². The molecule has 0 radical (unpaired) electrons. The van der Waals surface area contributed by atoms with E-state index in [4.69, 9.17) is 5.41 Å². The third-order valence-corrected chi connectivity index (χ3v) is 2.66. The lowest BCUT2D eigenvalue weighted by atomic mass is 10.1. The van der Waals surface area contributed by atoms with E-state index >= 15 is 0 Å². The zero-order chi connectivity index (χ0) is 11.4. The van der Waals surface area contributed by atoms with Gasteiger partial charge < -0.3 is 9.84 Å². The second kappa shape index (κ2) is 4.75. The third-order valence-electron chi connectivity index (χ3n) is 1.77. The number of rotatable bonds is 3. The molecular formula is C10H11NO3S. The Balaban J connectivity index is 3.09. The van der Waals surface area contributed by atoms with Crippen LogP contribution in [0.25, 0.3) is 0 Å². The maximum absolute atomic E-state index is 11.3. The van der Waals surface area contributed by atoms with Gasteiger partial charge in [0, 0.05) is 0 Å². The number of thiophene rings is 1. The highest BCUT2D eigenvalue weighted by Crippen LogP contribution is 2.17. The molecule has 0 saturated carbocycles. The lowest BCUT2D eigenvalue weighted by Crippen LogP contribution is -2.16. The molecule has 4 nitrogen and oxygen atoms in total. The molecule has 1 rings (SSSR count). The molecular weight excluding hydrogens is 214 g/mol. The summed E-state index contributed by atoms with van der Waals surface area (Å²) in [4.78, 5) is 11.9. The molecule has 0 atom stereocenters. The van der Waals surface area contributed by atoms with Crippen molar-refractivity contribution in [2.45, 2.75) is 6.92 Å². The first-order chi connectivity index (χ1) is 7.07. The minimum Gasteiger partial charge on any atom is -0.512 e. The van der Waals surface area contributed by atoms with Gasteiger partial charge in [0.1, 0.15) is 11.3 Å². The Hall–Kier alpha value is -1.62. The highest BCUT2D eigenvalue weighted by Gasteiger charge is 2.20. The molecule has 0 aliphatic rings. The number of carbonyl (C=O) groups excluding carboxylic acids is 1. The molecule has 0 amide bonds. The van der Waals surface area contributed by atoms with Crippen LogP contribution in [0.2, 0.25) is 0 Å². The number of hydrogen-bond acceptors (Lipinski definition) is 5. The maximum atomic E-state index is 11.3. The quantitative estimate of drug-likeness (QED) is 0.358. The van der Waals surface area contributed by atoms with Crippen LogP contribution in [0.15, 0.2) is 28.8 Å². The van der Waals surface area contributed by atoms with Gasteiger partial charge in [-0.2, -0.15) is 0 Å². The van der Waals surface area contributed by atoms with Crippen molar-refractivity contribution in [1.82, 2.24) is 0 Å². The summed E-state index contributed by atoms with van der Waals surface area (Å²) >= 11 is 1.33. The molecule has 0 aliphatic carbocycles. The number of carbonyl (C=O) groups is 1. The molecule has 0 fully saturated rings. The number of aliphatic hydroxyl groups excluding tert-OH is 1. The minimum absolute atomic E-state index is 0.0168. The number of nitrogens with one attached hydrogen (secondary N) is 1. The summed E-state index contributed by atoms with van der Waals surface area (Å²) in [5.41, 5.74) is -0.114. The Morgan fingerprint density at radius 1 is 1.60 bits per heavy atom. The fraction of sp³-hybridized carbons (Fsp3) is 0.200. The van der Waals surface area contributed by atoms with Gasteiger partial charge in [-0.1, -0.05) is 6.07 Å². The molecule has 15 heavy (non-hydrogen) atoms. The van der Waals surface area contributed by atoms with E-state index in [9.17, 15) is 9.90 Å². The Bertz CT molecular complexity index is 402. The number of hydrogen-bond donors (Lipinski definition) is 2. The molecule has 0 spiro atoms. The Labute approximate surface area is 91.3 Å². The van der Waals surface area contributed by atoms with E-state index in [0.717, 1.165) is 0 Å². The first-order valence-corrected chi connectivity index (χ1v) is 5.06. The van der Waals surface area contributed by atoms with Crippen LogP contribution in [-0.2, 0) is 9.53 Å². The third kappa shape index (κ3) is 2.44. The van der Waals surface area contributed by atoms with Crippen molar-refractivity contribution in [1.29, 1.82) is 5.41 Å². The van der Waals surface area contributed by atoms with E-state index in [1.165, 1.54) is 25.4 Å². The average molecular weight is 225 g/mol. The van der Waals surface area contributed by atoms with Crippen molar-refractivity contribution in [3.8, 4) is 0 Å². The largest absolute Gasteiger partial charge is 0.512 e. The van der Waals surface area contributed by atoms with Crippen LogP contribution >= 0.6 is 11.3 Å². The van der Waals surface area contributed by atoms with Crippen molar-refractivity contribution in [3.05, 3.63) is 33.7 Å². The second-order valence-corrected chi connectivity index (χ2v) is 3.75. The predicted molar refractivity (Wildman–Crippen MR) is 58.5 cm³/mol. The van der Waals surface area contributed by atoms with Gasteiger partial charge in [0.25, 0.3) is 0 Å². The maximum Gasteiger partial charge on any atom is 0.343 e. The summed E-state index contributed by atoms with van der Waals surface area (Å²) in [6, 6.07) is 3.48. The summed E-state index contributed by atoms with van der Waals surface area (Å²) in [5.74, 6) is -0.909. The number of esters is 1. The molecule has 1 aromatic heterocycles. The Morgan fingerprint density at radius 2 is 2.27 bits per heavy atom. The van der Waals surface area contributed by atoms with Crippen LogP contribution in [0.1, 0.15) is 11.8 Å². The normalized spacial score (nSPS) is 11.9. The van der Waals surface area contributed by atoms with Gasteiger partial charge in [0.2, 0.25) is 0 Å². The van der Waals surface area contributed by atoms with Crippen molar-refractivity contribution >= 4 is 23.0 Å². The molecule has 2 N–H and O–H groups in total. The topological polar surface area (TPSA) is 70.4 Å². The molecule has 0 unspecified atom stereocenters. The average Bonchev–Trinajstić information content (AvgIpc) is 2.69. The summed E-state index contributed by atoms with van der Waals surface area (Å²) in [6.07, 6.45) is 0. The number of allylic oxidation sites excluding steroid dienone is 1. The fourth-order valence-corrected chi connectivity index (χ4v) is 1.76. The molecule has 0 bridgehead atoms. The number of methoxy groups -OCH3 is 1. The van der Waals surface area contributed by atoms with Gasteiger partial charge in [-0.3, -0.25) is 5.41 Å². The number of ether oxygens (including phenoxy) is 1. The Morgan fingerprint density at radius 3 is 2.67 bits per heavy atom. The number of aliphatic hydroxyl groups is 1. The first kappa shape index (κ1) is 11.5. The monoisotopic (exact) mass is 225 g/mol. The van der Waals surface area contributed by atoms with Crippen LogP contribution < -0.4 is 0 Å². The SMILES string of the molecule is COC(=O)C(C(=N)c1cccs1)=C(C)O. The molecule has 80 valence electrons. The molecule has 0 saturated heterocycles. The van der Waals surface area contributed by atoms with Crippen molar-refractivity contribution in [3.63, 3.8) is 0 Å². The van der Waals surface area contributed by atoms with Crippen molar-refractivity contribution < 1.29 is 14.6 Å². The van der Waals surface area contributed by atoms with E-state index in [0.29, 0.717) is 4.88 Å². The molecule has 5 heteroatoms. The highest BCUT2D eigenvalue weighted by atomic mass is 32.1. The van der Waals surface area contributed by atoms with Crippen molar-refractivity contribution in [2.24, 2.45) is 0 Å². The van der Waals surface area contributed by atoms with E-state index in [2.05, 4.69) is 4.74 Å². The zero-order valence-electron chi connectivity index (χ0n) is 8.40. The first-order valence-electron chi connectivity index (χ1n) is 4.19. The minimum atomic E-state index is -0.701. The molecule has 0 aromatic carbocycles. The lowest BCUT2D eigenvalue weighted by Gasteiger charge is -2.06. The van der Waals surface area contributed by atoms with Crippen LogP contribution in [0, 0.1) is 5.41 Å². The zero-order valence-corrected chi connectivity index (χ0v) is 9.22. The molecule has 0 aliphatic heterocycles. The van der Waals surface area contributed by atoms with Crippen LogP contribution in [0.5, 0.6) is 0 Å². The van der Waals surface area contributed by atoms with E-state index in [1.54, 1.807) is 17.5 Å². The van der Waals surface area contributed by atoms with Gasteiger partial charge in [0.15, 0.2) is 0 Å². The van der Waals surface area contributed by atoms with Gasteiger partial charge in [-0.15, -0.1) is 11.3 Å². The van der Waals surface area contributed by atoms with Gasteiger partial charge in [-0.25, -0.2) is 4.79 Å². The Kier molecular flexibility index (Phi) is 3.62. The molecule has 1 heterocycles. The standard InChI is InChI=1S/C10H11NO3S/c1-6(12)8(10(13)14-2)9(11)7-4-3-5-15-7/h3-5,11-12H,1-2H3. The summed E-state index contributed by atoms with van der Waals surface area (Å²) < 4.78 is 4.50. The van der Waals surface area contributed by atoms with Crippen molar-refractivity contribution in [2.75, 3.05) is 7.11 Å². The van der Waals surface area contributed by atoms with Gasteiger partial charge in [-0.05, 0) is 18.4 Å². The highest BCUT2D eigenvalue weighted by molar-refractivity contribution is 7.12. The van der Waals surface area contributed by atoms with Crippen LogP contribution in [0.3, 0.4) is 0 Å².